The molecule has 0 radical (unpaired) electrons. The molecule has 88 valence electrons. The minimum absolute atomic E-state index is 0.785. The van der Waals surface area contributed by atoms with Crippen LogP contribution in [-0.4, -0.2) is 10.2 Å². The molecule has 0 saturated heterocycles. The van der Waals surface area contributed by atoms with Crippen LogP contribution in [0.2, 0.25) is 0 Å². The molecule has 3 aromatic rings. The van der Waals surface area contributed by atoms with Crippen LogP contribution in [0.15, 0.2) is 36.0 Å². The summed E-state index contributed by atoms with van der Waals surface area (Å²) in [6.45, 7) is 0. The summed E-state index contributed by atoms with van der Waals surface area (Å²) in [5, 5.41) is 20.7. The predicted octanol–water partition coefficient (Wildman–Crippen LogP) is 2.34. The van der Waals surface area contributed by atoms with E-state index in [4.69, 9.17) is 0 Å². The molecule has 3 heterocycles. The van der Waals surface area contributed by atoms with Crippen molar-refractivity contribution in [2.24, 2.45) is 0 Å². The maximum Gasteiger partial charge on any atom is 0.181 e. The lowest BCUT2D eigenvalue weighted by Gasteiger charge is -1.99. The SMILES string of the molecule is [O-][n+]1ccc(-c2n[nH]c3c2Cc2sccc2-3)cc1. The second kappa shape index (κ2) is 3.43. The molecule has 0 bridgehead atoms. The zero-order chi connectivity index (χ0) is 12.1. The van der Waals surface area contributed by atoms with Crippen LogP contribution in [-0.2, 0) is 6.42 Å². The van der Waals surface area contributed by atoms with Crippen molar-refractivity contribution in [3.63, 3.8) is 0 Å². The molecule has 1 aliphatic carbocycles. The van der Waals surface area contributed by atoms with Gasteiger partial charge in [-0.1, -0.05) is 0 Å². The predicted molar refractivity (Wildman–Crippen MR) is 69.1 cm³/mol. The first-order chi connectivity index (χ1) is 8.83. The maximum absolute atomic E-state index is 11.1. The molecule has 1 aliphatic rings. The van der Waals surface area contributed by atoms with Crippen molar-refractivity contribution in [1.29, 1.82) is 0 Å². The van der Waals surface area contributed by atoms with Crippen LogP contribution in [0.3, 0.4) is 0 Å². The van der Waals surface area contributed by atoms with Crippen molar-refractivity contribution in [1.82, 2.24) is 10.2 Å². The highest BCUT2D eigenvalue weighted by Gasteiger charge is 2.25. The van der Waals surface area contributed by atoms with Crippen LogP contribution in [0.4, 0.5) is 0 Å². The second-order valence-electron chi connectivity index (χ2n) is 4.31. The average Bonchev–Trinajstić information content (AvgIpc) is 3.01. The third-order valence-corrected chi connectivity index (χ3v) is 4.22. The fourth-order valence-corrected chi connectivity index (χ4v) is 3.32. The molecule has 0 unspecified atom stereocenters. The first kappa shape index (κ1) is 9.85. The topological polar surface area (TPSA) is 55.6 Å². The van der Waals surface area contributed by atoms with Crippen LogP contribution in [0, 0.1) is 5.21 Å². The lowest BCUT2D eigenvalue weighted by atomic mass is 10.1. The Morgan fingerprint density at radius 2 is 2.11 bits per heavy atom. The summed E-state index contributed by atoms with van der Waals surface area (Å²) >= 11 is 1.78. The Morgan fingerprint density at radius 1 is 1.28 bits per heavy atom. The summed E-state index contributed by atoms with van der Waals surface area (Å²) < 4.78 is 0.785. The summed E-state index contributed by atoms with van der Waals surface area (Å²) in [4.78, 5) is 1.38. The molecule has 0 aromatic carbocycles. The van der Waals surface area contributed by atoms with Gasteiger partial charge in [0, 0.05) is 40.1 Å². The largest absolute Gasteiger partial charge is 0.619 e. The van der Waals surface area contributed by atoms with Gasteiger partial charge in [-0.3, -0.25) is 5.10 Å². The fourth-order valence-electron chi connectivity index (χ4n) is 2.43. The van der Waals surface area contributed by atoms with Crippen molar-refractivity contribution >= 4 is 11.3 Å². The number of thiophene rings is 1. The summed E-state index contributed by atoms with van der Waals surface area (Å²) in [6.07, 6.45) is 3.93. The van der Waals surface area contributed by atoms with E-state index in [2.05, 4.69) is 21.6 Å². The Bertz CT molecular complexity index is 727. The average molecular weight is 255 g/mol. The van der Waals surface area contributed by atoms with E-state index in [0.29, 0.717) is 0 Å². The van der Waals surface area contributed by atoms with E-state index in [9.17, 15) is 5.21 Å². The van der Waals surface area contributed by atoms with Gasteiger partial charge in [-0.15, -0.1) is 11.3 Å². The third kappa shape index (κ3) is 1.25. The summed E-state index contributed by atoms with van der Waals surface area (Å²) in [6, 6.07) is 5.73. The molecule has 18 heavy (non-hydrogen) atoms. The minimum Gasteiger partial charge on any atom is -0.619 e. The number of H-pyrrole nitrogens is 1. The van der Waals surface area contributed by atoms with Crippen molar-refractivity contribution in [3.8, 4) is 22.5 Å². The van der Waals surface area contributed by atoms with Crippen LogP contribution in [0.25, 0.3) is 22.5 Å². The van der Waals surface area contributed by atoms with Gasteiger partial charge < -0.3 is 5.21 Å². The molecule has 3 aromatic heterocycles. The number of aromatic nitrogens is 3. The van der Waals surface area contributed by atoms with Gasteiger partial charge in [0.05, 0.1) is 11.4 Å². The standard InChI is InChI=1S/C13H9N3OS/c17-16-4-1-8(2-5-16)12-10-7-11-9(3-6-18-11)13(10)15-14-12/h1-6H,7H2,(H,14,15). The van der Waals surface area contributed by atoms with Gasteiger partial charge in [0.15, 0.2) is 12.4 Å². The molecule has 0 atom stereocenters. The molecule has 0 amide bonds. The van der Waals surface area contributed by atoms with E-state index in [0.717, 1.165) is 28.1 Å². The molecule has 0 aliphatic heterocycles. The van der Waals surface area contributed by atoms with Gasteiger partial charge in [-0.05, 0) is 11.4 Å². The molecule has 4 nitrogen and oxygen atoms in total. The number of rotatable bonds is 1. The van der Waals surface area contributed by atoms with Crippen molar-refractivity contribution in [2.45, 2.75) is 6.42 Å². The van der Waals surface area contributed by atoms with Gasteiger partial charge in [0.25, 0.3) is 0 Å². The summed E-state index contributed by atoms with van der Waals surface area (Å²) in [7, 11) is 0. The molecular formula is C13H9N3OS. The van der Waals surface area contributed by atoms with E-state index in [1.54, 1.807) is 23.5 Å². The number of fused-ring (bicyclic) bond motifs is 3. The Labute approximate surface area is 107 Å². The Morgan fingerprint density at radius 3 is 2.94 bits per heavy atom. The number of nitrogens with one attached hydrogen (secondary N) is 1. The maximum atomic E-state index is 11.1. The van der Waals surface area contributed by atoms with E-state index < -0.39 is 0 Å². The Balaban J connectivity index is 1.87. The van der Waals surface area contributed by atoms with Gasteiger partial charge in [-0.2, -0.15) is 9.83 Å². The van der Waals surface area contributed by atoms with Crippen molar-refractivity contribution in [2.75, 3.05) is 0 Å². The lowest BCUT2D eigenvalue weighted by molar-refractivity contribution is -0.605. The second-order valence-corrected chi connectivity index (χ2v) is 5.31. The minimum atomic E-state index is 0.785. The van der Waals surface area contributed by atoms with Gasteiger partial charge in [-0.25, -0.2) is 0 Å². The first-order valence-electron chi connectivity index (χ1n) is 5.66. The Kier molecular flexibility index (Phi) is 1.87. The van der Waals surface area contributed by atoms with Crippen molar-refractivity contribution < 1.29 is 4.73 Å². The molecule has 0 fully saturated rings. The van der Waals surface area contributed by atoms with Gasteiger partial charge in [0.1, 0.15) is 0 Å². The highest BCUT2D eigenvalue weighted by molar-refractivity contribution is 7.10. The number of hydrogen-bond acceptors (Lipinski definition) is 3. The quantitative estimate of drug-likeness (QED) is 0.419. The Hall–Kier alpha value is -2.14. The molecule has 0 spiro atoms. The zero-order valence-electron chi connectivity index (χ0n) is 9.38. The molecule has 4 rings (SSSR count). The van der Waals surface area contributed by atoms with E-state index in [1.807, 2.05) is 0 Å². The number of hydrogen-bond donors (Lipinski definition) is 1. The first-order valence-corrected chi connectivity index (χ1v) is 6.54. The van der Waals surface area contributed by atoms with Crippen LogP contribution in [0.1, 0.15) is 10.4 Å². The smallest absolute Gasteiger partial charge is 0.181 e. The van der Waals surface area contributed by atoms with E-state index in [-0.39, 0.29) is 0 Å². The van der Waals surface area contributed by atoms with Crippen LogP contribution in [0.5, 0.6) is 0 Å². The number of pyridine rings is 1. The van der Waals surface area contributed by atoms with Crippen molar-refractivity contribution in [3.05, 3.63) is 51.6 Å². The zero-order valence-corrected chi connectivity index (χ0v) is 10.2. The normalized spacial score (nSPS) is 12.4. The monoisotopic (exact) mass is 255 g/mol. The summed E-state index contributed by atoms with van der Waals surface area (Å²) in [5.74, 6) is 0. The highest BCUT2D eigenvalue weighted by Crippen LogP contribution is 2.42. The molecule has 0 saturated carbocycles. The third-order valence-electron chi connectivity index (χ3n) is 3.29. The number of nitrogens with zero attached hydrogens (tertiary/aromatic N) is 2. The highest BCUT2D eigenvalue weighted by atomic mass is 32.1. The summed E-state index contributed by atoms with van der Waals surface area (Å²) in [5.41, 5.74) is 5.56. The van der Waals surface area contributed by atoms with Gasteiger partial charge in [0.2, 0.25) is 0 Å². The molecule has 5 heteroatoms. The van der Waals surface area contributed by atoms with Crippen LogP contribution < -0.4 is 4.73 Å². The number of aromatic amines is 1. The van der Waals surface area contributed by atoms with Crippen LogP contribution >= 0.6 is 11.3 Å². The van der Waals surface area contributed by atoms with Gasteiger partial charge >= 0.3 is 0 Å². The van der Waals surface area contributed by atoms with E-state index in [1.165, 1.54) is 28.4 Å². The van der Waals surface area contributed by atoms with E-state index >= 15 is 0 Å². The lowest BCUT2D eigenvalue weighted by Crippen LogP contribution is -2.23. The molecule has 1 N–H and O–H groups in total. The fraction of sp³-hybridized carbons (Fsp3) is 0.0769. The molecular weight excluding hydrogens is 246 g/mol.